The number of methoxy groups -OCH3 is 1. The van der Waals surface area contributed by atoms with Gasteiger partial charge in [0.05, 0.1) is 52.4 Å². The van der Waals surface area contributed by atoms with Crippen molar-refractivity contribution >= 4 is 79.3 Å². The van der Waals surface area contributed by atoms with Crippen molar-refractivity contribution in [3.63, 3.8) is 0 Å². The van der Waals surface area contributed by atoms with E-state index in [4.69, 9.17) is 39.5 Å². The molecule has 5 rings (SSSR count). The summed E-state index contributed by atoms with van der Waals surface area (Å²) in [4.78, 5) is 16.1. The van der Waals surface area contributed by atoms with E-state index in [1.54, 1.807) is 24.3 Å². The Labute approximate surface area is 267 Å². The van der Waals surface area contributed by atoms with E-state index < -0.39 is 10.0 Å². The van der Waals surface area contributed by atoms with Crippen molar-refractivity contribution in [1.82, 2.24) is 19.8 Å². The Morgan fingerprint density at radius 2 is 1.60 bits per heavy atom. The zero-order valence-electron chi connectivity index (χ0n) is 24.2. The molecule has 0 bridgehead atoms. The van der Waals surface area contributed by atoms with E-state index >= 15 is 0 Å². The van der Waals surface area contributed by atoms with Crippen LogP contribution in [0.2, 0.25) is 15.1 Å². The molecule has 0 spiro atoms. The quantitative estimate of drug-likeness (QED) is 0.269. The minimum absolute atomic E-state index is 0.214. The molecule has 2 aromatic carbocycles. The molecule has 0 saturated carbocycles. The Balaban J connectivity index is 1.29. The minimum Gasteiger partial charge on any atom is -0.497 e. The molecule has 0 atom stereocenters. The standard InChI is InChI=1S/C28H35Cl3N8O3S/c1-37-10-12-38(13-11-37)18-6-8-39(9-7-18)26-16-20(29)24(15-21(26)30)34-28-32-17-22(31)27(35-28)33-25-14-19(42-2)4-5-23(25)36-43(3,40)41/h4-5,14-18,36H,6-13H2,1-3H3,(H2,32,33,34,35). The van der Waals surface area contributed by atoms with Crippen LogP contribution in [0, 0.1) is 0 Å². The van der Waals surface area contributed by atoms with Crippen molar-refractivity contribution in [2.24, 2.45) is 0 Å². The van der Waals surface area contributed by atoms with E-state index in [0.717, 1.165) is 64.1 Å². The Kier molecular flexibility index (Phi) is 9.94. The number of rotatable bonds is 9. The van der Waals surface area contributed by atoms with Gasteiger partial charge in [0, 0.05) is 51.4 Å². The lowest BCUT2D eigenvalue weighted by Gasteiger charge is -2.42. The molecular weight excluding hydrogens is 635 g/mol. The summed E-state index contributed by atoms with van der Waals surface area (Å²) in [6, 6.07) is 9.08. The second kappa shape index (κ2) is 13.5. The van der Waals surface area contributed by atoms with E-state index in [1.165, 1.54) is 13.3 Å². The predicted octanol–water partition coefficient (Wildman–Crippen LogP) is 5.52. The van der Waals surface area contributed by atoms with Gasteiger partial charge in [-0.3, -0.25) is 9.62 Å². The Hall–Kier alpha value is -2.74. The smallest absolute Gasteiger partial charge is 0.229 e. The number of benzene rings is 2. The molecule has 0 amide bonds. The third-order valence-corrected chi connectivity index (χ3v) is 9.14. The zero-order valence-corrected chi connectivity index (χ0v) is 27.3. The predicted molar refractivity (Wildman–Crippen MR) is 176 cm³/mol. The van der Waals surface area contributed by atoms with Crippen LogP contribution in [0.5, 0.6) is 5.75 Å². The van der Waals surface area contributed by atoms with E-state index in [2.05, 4.69) is 47.1 Å². The van der Waals surface area contributed by atoms with Crippen LogP contribution in [-0.4, -0.2) is 93.9 Å². The average Bonchev–Trinajstić information content (AvgIpc) is 2.97. The molecule has 0 unspecified atom stereocenters. The number of nitrogens with one attached hydrogen (secondary N) is 3. The van der Waals surface area contributed by atoms with Crippen molar-refractivity contribution in [3.05, 3.63) is 51.6 Å². The van der Waals surface area contributed by atoms with Crippen LogP contribution in [-0.2, 0) is 10.0 Å². The van der Waals surface area contributed by atoms with Crippen LogP contribution >= 0.6 is 34.8 Å². The highest BCUT2D eigenvalue weighted by Gasteiger charge is 2.28. The molecule has 1 aromatic heterocycles. The molecule has 43 heavy (non-hydrogen) atoms. The first-order valence-corrected chi connectivity index (χ1v) is 16.9. The van der Waals surface area contributed by atoms with Gasteiger partial charge in [-0.05, 0) is 44.2 Å². The highest BCUT2D eigenvalue weighted by molar-refractivity contribution is 7.92. The third kappa shape index (κ3) is 8.05. The Morgan fingerprint density at radius 1 is 0.884 bits per heavy atom. The summed E-state index contributed by atoms with van der Waals surface area (Å²) in [5.74, 6) is 0.965. The van der Waals surface area contributed by atoms with Gasteiger partial charge in [-0.25, -0.2) is 13.4 Å². The Morgan fingerprint density at radius 3 is 2.28 bits per heavy atom. The number of sulfonamides is 1. The molecule has 3 N–H and O–H groups in total. The number of nitrogens with zero attached hydrogens (tertiary/aromatic N) is 5. The summed E-state index contributed by atoms with van der Waals surface area (Å²) in [6.07, 6.45) is 4.66. The first-order chi connectivity index (χ1) is 20.5. The first kappa shape index (κ1) is 31.7. The lowest BCUT2D eigenvalue weighted by atomic mass is 10.0. The highest BCUT2D eigenvalue weighted by atomic mass is 35.5. The van der Waals surface area contributed by atoms with Crippen molar-refractivity contribution in [3.8, 4) is 5.75 Å². The maximum absolute atomic E-state index is 11.9. The van der Waals surface area contributed by atoms with Gasteiger partial charge in [0.25, 0.3) is 0 Å². The highest BCUT2D eigenvalue weighted by Crippen LogP contribution is 2.38. The van der Waals surface area contributed by atoms with Crippen molar-refractivity contribution in [2.45, 2.75) is 18.9 Å². The monoisotopic (exact) mass is 668 g/mol. The van der Waals surface area contributed by atoms with Crippen LogP contribution in [0.15, 0.2) is 36.5 Å². The number of likely N-dealkylation sites (N-methyl/N-ethyl adjacent to an activating group) is 1. The molecule has 0 aliphatic carbocycles. The van der Waals surface area contributed by atoms with Crippen LogP contribution < -0.4 is 25.0 Å². The minimum atomic E-state index is -3.54. The SMILES string of the molecule is COc1ccc(NS(C)(=O)=O)c(Nc2nc(Nc3cc(Cl)c(N4CCC(N5CCN(C)CC5)CC4)cc3Cl)ncc2Cl)c1. The summed E-state index contributed by atoms with van der Waals surface area (Å²) >= 11 is 19.9. The zero-order chi connectivity index (χ0) is 30.7. The molecule has 2 saturated heterocycles. The van der Waals surface area contributed by atoms with Gasteiger partial charge in [0.2, 0.25) is 16.0 Å². The number of piperidine rings is 1. The van der Waals surface area contributed by atoms with Crippen LogP contribution in [0.4, 0.5) is 34.5 Å². The molecule has 232 valence electrons. The van der Waals surface area contributed by atoms with Gasteiger partial charge in [-0.15, -0.1) is 0 Å². The largest absolute Gasteiger partial charge is 0.497 e. The number of ether oxygens (including phenoxy) is 1. The number of halogens is 3. The summed E-state index contributed by atoms with van der Waals surface area (Å²) in [5.41, 5.74) is 2.12. The van der Waals surface area contributed by atoms with Gasteiger partial charge in [0.15, 0.2) is 5.82 Å². The molecule has 2 aliphatic heterocycles. The summed E-state index contributed by atoms with van der Waals surface area (Å²) in [5, 5.41) is 7.46. The fraction of sp³-hybridized carbons (Fsp3) is 0.429. The van der Waals surface area contributed by atoms with Crippen molar-refractivity contribution < 1.29 is 13.2 Å². The number of anilines is 6. The van der Waals surface area contributed by atoms with Crippen LogP contribution in [0.1, 0.15) is 12.8 Å². The van der Waals surface area contributed by atoms with E-state index in [1.807, 2.05) is 6.07 Å². The summed E-state index contributed by atoms with van der Waals surface area (Å²) in [6.45, 7) is 6.30. The van der Waals surface area contributed by atoms with Gasteiger partial charge in [0.1, 0.15) is 10.8 Å². The molecule has 2 aliphatic rings. The van der Waals surface area contributed by atoms with Crippen molar-refractivity contribution in [1.29, 1.82) is 0 Å². The number of aromatic nitrogens is 2. The second-order valence-corrected chi connectivity index (χ2v) is 13.7. The summed E-state index contributed by atoms with van der Waals surface area (Å²) in [7, 11) is 0.148. The lowest BCUT2D eigenvalue weighted by molar-refractivity contribution is 0.0982. The molecule has 15 heteroatoms. The fourth-order valence-electron chi connectivity index (χ4n) is 5.34. The van der Waals surface area contributed by atoms with E-state index in [0.29, 0.717) is 38.9 Å². The van der Waals surface area contributed by atoms with Gasteiger partial charge in [-0.1, -0.05) is 34.8 Å². The maximum atomic E-state index is 11.9. The number of hydrogen-bond donors (Lipinski definition) is 3. The molecule has 3 heterocycles. The third-order valence-electron chi connectivity index (χ3n) is 7.66. The van der Waals surface area contributed by atoms with Gasteiger partial charge in [-0.2, -0.15) is 4.98 Å². The lowest BCUT2D eigenvalue weighted by Crippen LogP contribution is -2.52. The molecular formula is C28H35Cl3N8O3S. The average molecular weight is 670 g/mol. The van der Waals surface area contributed by atoms with Crippen LogP contribution in [0.25, 0.3) is 0 Å². The molecule has 2 fully saturated rings. The summed E-state index contributed by atoms with van der Waals surface area (Å²) < 4.78 is 31.6. The van der Waals surface area contributed by atoms with E-state index in [9.17, 15) is 8.42 Å². The topological polar surface area (TPSA) is 115 Å². The number of piperazine rings is 1. The molecule has 0 radical (unpaired) electrons. The first-order valence-electron chi connectivity index (χ1n) is 13.9. The van der Waals surface area contributed by atoms with Crippen molar-refractivity contribution in [2.75, 3.05) is 79.9 Å². The Bertz CT molecular complexity index is 1560. The van der Waals surface area contributed by atoms with Gasteiger partial charge < -0.3 is 25.2 Å². The maximum Gasteiger partial charge on any atom is 0.229 e. The van der Waals surface area contributed by atoms with E-state index in [-0.39, 0.29) is 16.8 Å². The number of hydrogen-bond acceptors (Lipinski definition) is 10. The van der Waals surface area contributed by atoms with Gasteiger partial charge >= 0.3 is 0 Å². The fourth-order valence-corrected chi connectivity index (χ4v) is 6.54. The molecule has 11 nitrogen and oxygen atoms in total. The molecule has 3 aromatic rings. The second-order valence-electron chi connectivity index (χ2n) is 10.8. The van der Waals surface area contributed by atoms with Crippen LogP contribution in [0.3, 0.4) is 0 Å². The normalized spacial score (nSPS) is 17.1.